The molecule has 2 aromatic rings. The van der Waals surface area contributed by atoms with Gasteiger partial charge in [0.25, 0.3) is 0 Å². The monoisotopic (exact) mass is 246 g/mol. The molecular weight excluding hydrogens is 237 g/mol. The molecule has 0 spiro atoms. The van der Waals surface area contributed by atoms with Crippen molar-refractivity contribution in [1.29, 1.82) is 0 Å². The maximum absolute atomic E-state index is 12.7. The van der Waals surface area contributed by atoms with Crippen LogP contribution in [0.5, 0.6) is 0 Å². The predicted molar refractivity (Wildman–Crippen MR) is 67.2 cm³/mol. The van der Waals surface area contributed by atoms with Crippen LogP contribution in [0, 0.1) is 11.9 Å². The van der Waals surface area contributed by atoms with E-state index in [4.69, 9.17) is 11.6 Å². The molecule has 0 bridgehead atoms. The number of aromatic nitrogens is 1. The molecule has 0 atom stereocenters. The van der Waals surface area contributed by atoms with Gasteiger partial charge in [-0.3, -0.25) is 0 Å². The lowest BCUT2D eigenvalue weighted by Gasteiger charge is -1.97. The van der Waals surface area contributed by atoms with Crippen LogP contribution in [-0.4, -0.2) is 4.98 Å². The maximum atomic E-state index is 12.7. The largest absolute Gasteiger partial charge is 0.244 e. The molecular formula is C14H10ClFN. The van der Waals surface area contributed by atoms with Crippen LogP contribution >= 0.6 is 11.6 Å². The first-order valence-electron chi connectivity index (χ1n) is 5.19. The van der Waals surface area contributed by atoms with E-state index < -0.39 is 0 Å². The second-order valence-electron chi connectivity index (χ2n) is 3.52. The number of halogens is 2. The quantitative estimate of drug-likeness (QED) is 0.748. The third-order valence-corrected chi connectivity index (χ3v) is 2.60. The van der Waals surface area contributed by atoms with E-state index in [0.717, 1.165) is 11.1 Å². The number of hydrogen-bond acceptors (Lipinski definition) is 1. The van der Waals surface area contributed by atoms with Crippen LogP contribution < -0.4 is 0 Å². The molecule has 1 aromatic heterocycles. The van der Waals surface area contributed by atoms with Gasteiger partial charge in [-0.1, -0.05) is 35.9 Å². The van der Waals surface area contributed by atoms with Crippen LogP contribution in [0.15, 0.2) is 42.6 Å². The standard InChI is InChI=1S/C14H10ClFN/c15-14-12(5-2-10-17-14)4-1-3-11-6-8-13(16)9-7-11/h1-3,6-10H,4H2. The molecule has 1 nitrogen and oxygen atoms in total. The lowest BCUT2D eigenvalue weighted by atomic mass is 10.1. The Morgan fingerprint density at radius 1 is 1.29 bits per heavy atom. The number of benzene rings is 1. The molecule has 0 aliphatic carbocycles. The fraction of sp³-hybridized carbons (Fsp3) is 0.0714. The molecule has 1 aromatic carbocycles. The highest BCUT2D eigenvalue weighted by Gasteiger charge is 1.97. The van der Waals surface area contributed by atoms with Crippen molar-refractivity contribution in [2.24, 2.45) is 0 Å². The summed E-state index contributed by atoms with van der Waals surface area (Å²) in [7, 11) is 0. The average molecular weight is 247 g/mol. The van der Waals surface area contributed by atoms with E-state index in [9.17, 15) is 4.39 Å². The van der Waals surface area contributed by atoms with E-state index in [-0.39, 0.29) is 5.82 Å². The summed E-state index contributed by atoms with van der Waals surface area (Å²) < 4.78 is 12.7. The highest BCUT2D eigenvalue weighted by Crippen LogP contribution is 2.13. The second kappa shape index (κ2) is 5.60. The Morgan fingerprint density at radius 2 is 2.06 bits per heavy atom. The van der Waals surface area contributed by atoms with E-state index >= 15 is 0 Å². The van der Waals surface area contributed by atoms with Gasteiger partial charge >= 0.3 is 0 Å². The molecule has 0 saturated heterocycles. The van der Waals surface area contributed by atoms with Crippen LogP contribution in [0.25, 0.3) is 6.08 Å². The Hall–Kier alpha value is -1.67. The van der Waals surface area contributed by atoms with Crippen molar-refractivity contribution in [1.82, 2.24) is 4.98 Å². The van der Waals surface area contributed by atoms with Gasteiger partial charge in [-0.25, -0.2) is 9.37 Å². The molecule has 0 unspecified atom stereocenters. The minimum atomic E-state index is -0.231. The highest BCUT2D eigenvalue weighted by molar-refractivity contribution is 6.30. The minimum absolute atomic E-state index is 0.231. The zero-order valence-electron chi connectivity index (χ0n) is 9.03. The molecule has 0 amide bonds. The van der Waals surface area contributed by atoms with Crippen LogP contribution in [0.2, 0.25) is 5.15 Å². The van der Waals surface area contributed by atoms with Crippen molar-refractivity contribution in [3.05, 3.63) is 70.8 Å². The smallest absolute Gasteiger partial charge is 0.133 e. The summed E-state index contributed by atoms with van der Waals surface area (Å²) in [6.45, 7) is 0. The molecule has 0 aliphatic heterocycles. The number of rotatable bonds is 3. The topological polar surface area (TPSA) is 12.9 Å². The molecule has 0 fully saturated rings. The van der Waals surface area contributed by atoms with Crippen molar-refractivity contribution in [2.75, 3.05) is 0 Å². The molecule has 1 radical (unpaired) electrons. The third-order valence-electron chi connectivity index (χ3n) is 2.27. The van der Waals surface area contributed by atoms with Crippen molar-refractivity contribution < 1.29 is 4.39 Å². The van der Waals surface area contributed by atoms with Gasteiger partial charge in [0.15, 0.2) is 0 Å². The molecule has 17 heavy (non-hydrogen) atoms. The molecule has 3 heteroatoms. The van der Waals surface area contributed by atoms with Crippen molar-refractivity contribution in [3.63, 3.8) is 0 Å². The molecule has 85 valence electrons. The van der Waals surface area contributed by atoms with E-state index in [2.05, 4.69) is 11.1 Å². The van der Waals surface area contributed by atoms with Gasteiger partial charge in [0.2, 0.25) is 0 Å². The number of nitrogens with zero attached hydrogens (tertiary/aromatic N) is 1. The van der Waals surface area contributed by atoms with Crippen LogP contribution in [0.1, 0.15) is 11.1 Å². The summed E-state index contributed by atoms with van der Waals surface area (Å²) in [6.07, 6.45) is 6.13. The van der Waals surface area contributed by atoms with Crippen molar-refractivity contribution in [3.8, 4) is 0 Å². The SMILES string of the molecule is Fc1ccc(C=CCc2[c]ccnc2Cl)cc1. The van der Waals surface area contributed by atoms with Gasteiger partial charge in [-0.2, -0.15) is 0 Å². The fourth-order valence-corrected chi connectivity index (χ4v) is 1.60. The average Bonchev–Trinajstić information content (AvgIpc) is 2.34. The van der Waals surface area contributed by atoms with Gasteiger partial charge in [-0.15, -0.1) is 0 Å². The highest BCUT2D eigenvalue weighted by atomic mass is 35.5. The number of pyridine rings is 1. The molecule has 1 heterocycles. The number of hydrogen-bond donors (Lipinski definition) is 0. The summed E-state index contributed by atoms with van der Waals surface area (Å²) in [6, 6.07) is 11.1. The van der Waals surface area contributed by atoms with Gasteiger partial charge < -0.3 is 0 Å². The Bertz CT molecular complexity index is 520. The second-order valence-corrected chi connectivity index (χ2v) is 3.87. The Morgan fingerprint density at radius 3 is 2.76 bits per heavy atom. The lowest BCUT2D eigenvalue weighted by Crippen LogP contribution is -1.85. The van der Waals surface area contributed by atoms with E-state index in [1.165, 1.54) is 12.1 Å². The van der Waals surface area contributed by atoms with Crippen LogP contribution in [-0.2, 0) is 6.42 Å². The van der Waals surface area contributed by atoms with Crippen LogP contribution in [0.4, 0.5) is 4.39 Å². The first-order valence-corrected chi connectivity index (χ1v) is 5.56. The van der Waals surface area contributed by atoms with Gasteiger partial charge in [-0.05, 0) is 36.2 Å². The Labute approximate surface area is 105 Å². The van der Waals surface area contributed by atoms with E-state index in [1.54, 1.807) is 24.4 Å². The van der Waals surface area contributed by atoms with E-state index in [1.807, 2.05) is 12.2 Å². The molecule has 2 rings (SSSR count). The summed E-state index contributed by atoms with van der Waals surface area (Å²) in [5.74, 6) is -0.231. The summed E-state index contributed by atoms with van der Waals surface area (Å²) in [5, 5.41) is 0.469. The molecule has 0 aliphatic rings. The van der Waals surface area contributed by atoms with E-state index in [0.29, 0.717) is 11.6 Å². The van der Waals surface area contributed by atoms with Gasteiger partial charge in [0.1, 0.15) is 11.0 Å². The Kier molecular flexibility index (Phi) is 3.89. The first kappa shape index (κ1) is 11.8. The van der Waals surface area contributed by atoms with Gasteiger partial charge in [0, 0.05) is 11.8 Å². The fourth-order valence-electron chi connectivity index (χ4n) is 1.41. The third kappa shape index (κ3) is 3.40. The summed E-state index contributed by atoms with van der Waals surface area (Å²) >= 11 is 5.90. The molecule has 0 N–H and O–H groups in total. The zero-order valence-corrected chi connectivity index (χ0v) is 9.78. The predicted octanol–water partition coefficient (Wildman–Crippen LogP) is 3.93. The summed E-state index contributed by atoms with van der Waals surface area (Å²) in [4.78, 5) is 3.97. The summed E-state index contributed by atoms with van der Waals surface area (Å²) in [5.41, 5.74) is 1.80. The lowest BCUT2D eigenvalue weighted by molar-refractivity contribution is 0.628. The zero-order chi connectivity index (χ0) is 12.1. The molecule has 0 saturated carbocycles. The Balaban J connectivity index is 2.03. The number of allylic oxidation sites excluding steroid dienone is 1. The van der Waals surface area contributed by atoms with Crippen LogP contribution in [0.3, 0.4) is 0 Å². The van der Waals surface area contributed by atoms with Crippen molar-refractivity contribution >= 4 is 17.7 Å². The van der Waals surface area contributed by atoms with Gasteiger partial charge in [0.05, 0.1) is 0 Å². The minimum Gasteiger partial charge on any atom is -0.244 e. The maximum Gasteiger partial charge on any atom is 0.133 e. The first-order chi connectivity index (χ1) is 8.25. The normalized spacial score (nSPS) is 10.9. The van der Waals surface area contributed by atoms with Crippen molar-refractivity contribution in [2.45, 2.75) is 6.42 Å².